The second-order valence-corrected chi connectivity index (χ2v) is 3.89. The molecule has 0 saturated heterocycles. The van der Waals surface area contributed by atoms with Gasteiger partial charge in [-0.25, -0.2) is 0 Å². The third kappa shape index (κ3) is 2.52. The molecule has 1 heterocycles. The van der Waals surface area contributed by atoms with E-state index in [-0.39, 0.29) is 0 Å². The predicted molar refractivity (Wildman–Crippen MR) is 65.0 cm³/mol. The molecular weight excluding hydrogens is 222 g/mol. The van der Waals surface area contributed by atoms with Crippen molar-refractivity contribution >= 4 is 11.6 Å². The second kappa shape index (κ2) is 4.99. The summed E-state index contributed by atoms with van der Waals surface area (Å²) in [5, 5.41) is 0.708. The van der Waals surface area contributed by atoms with Crippen molar-refractivity contribution < 1.29 is 4.74 Å². The van der Waals surface area contributed by atoms with E-state index in [2.05, 4.69) is 4.98 Å². The van der Waals surface area contributed by atoms with Gasteiger partial charge in [-0.2, -0.15) is 0 Å². The van der Waals surface area contributed by atoms with Crippen LogP contribution in [0.2, 0.25) is 5.02 Å². The van der Waals surface area contributed by atoms with Crippen molar-refractivity contribution in [2.45, 2.75) is 6.42 Å². The molecule has 3 heteroatoms. The molecule has 0 amide bonds. The lowest BCUT2D eigenvalue weighted by Crippen LogP contribution is -1.95. The SMILES string of the molecule is COc1ccccc1Cc1cc(Cl)ccn1. The minimum atomic E-state index is 0.708. The fourth-order valence-electron chi connectivity index (χ4n) is 1.59. The highest BCUT2D eigenvalue weighted by Gasteiger charge is 2.04. The van der Waals surface area contributed by atoms with Gasteiger partial charge < -0.3 is 4.74 Å². The van der Waals surface area contributed by atoms with Gasteiger partial charge in [-0.05, 0) is 18.2 Å². The van der Waals surface area contributed by atoms with Crippen molar-refractivity contribution in [1.82, 2.24) is 4.98 Å². The summed E-state index contributed by atoms with van der Waals surface area (Å²) in [7, 11) is 1.67. The Balaban J connectivity index is 2.26. The predicted octanol–water partition coefficient (Wildman–Crippen LogP) is 3.33. The normalized spacial score (nSPS) is 10.1. The van der Waals surface area contributed by atoms with Gasteiger partial charge in [0.25, 0.3) is 0 Å². The molecule has 0 N–H and O–H groups in total. The maximum Gasteiger partial charge on any atom is 0.122 e. The highest BCUT2D eigenvalue weighted by atomic mass is 35.5. The van der Waals surface area contributed by atoms with E-state index in [1.54, 1.807) is 19.4 Å². The Morgan fingerprint density at radius 1 is 1.25 bits per heavy atom. The number of methoxy groups -OCH3 is 1. The van der Waals surface area contributed by atoms with E-state index in [0.717, 1.165) is 23.4 Å². The van der Waals surface area contributed by atoms with E-state index >= 15 is 0 Å². The van der Waals surface area contributed by atoms with Crippen molar-refractivity contribution in [3.05, 3.63) is 58.9 Å². The molecular formula is C13H12ClNO. The van der Waals surface area contributed by atoms with Crippen LogP contribution in [0.25, 0.3) is 0 Å². The number of hydrogen-bond acceptors (Lipinski definition) is 2. The van der Waals surface area contributed by atoms with Crippen LogP contribution >= 0.6 is 11.6 Å². The smallest absolute Gasteiger partial charge is 0.122 e. The Kier molecular flexibility index (Phi) is 3.42. The molecule has 0 aliphatic carbocycles. The van der Waals surface area contributed by atoms with Crippen molar-refractivity contribution in [3.8, 4) is 5.75 Å². The van der Waals surface area contributed by atoms with Gasteiger partial charge in [0.1, 0.15) is 5.75 Å². The molecule has 0 spiro atoms. The van der Waals surface area contributed by atoms with Crippen molar-refractivity contribution in [2.75, 3.05) is 7.11 Å². The van der Waals surface area contributed by atoms with Crippen LogP contribution in [0.15, 0.2) is 42.6 Å². The van der Waals surface area contributed by atoms with Gasteiger partial charge in [0.15, 0.2) is 0 Å². The van der Waals surface area contributed by atoms with Crippen LogP contribution in [0.1, 0.15) is 11.3 Å². The molecule has 0 unspecified atom stereocenters. The summed E-state index contributed by atoms with van der Waals surface area (Å²) in [6.45, 7) is 0. The van der Waals surface area contributed by atoms with Gasteiger partial charge >= 0.3 is 0 Å². The van der Waals surface area contributed by atoms with E-state index in [9.17, 15) is 0 Å². The van der Waals surface area contributed by atoms with Crippen molar-refractivity contribution in [1.29, 1.82) is 0 Å². The molecule has 0 aliphatic heterocycles. The number of benzene rings is 1. The molecule has 1 aromatic heterocycles. The molecule has 0 radical (unpaired) electrons. The summed E-state index contributed by atoms with van der Waals surface area (Å²) in [6.07, 6.45) is 2.44. The topological polar surface area (TPSA) is 22.1 Å². The first-order valence-corrected chi connectivity index (χ1v) is 5.39. The van der Waals surface area contributed by atoms with E-state index < -0.39 is 0 Å². The Labute approximate surface area is 99.9 Å². The summed E-state index contributed by atoms with van der Waals surface area (Å²) in [5.74, 6) is 0.879. The molecule has 1 aromatic carbocycles. The third-order valence-electron chi connectivity index (χ3n) is 2.34. The number of pyridine rings is 1. The van der Waals surface area contributed by atoms with Gasteiger partial charge in [0, 0.05) is 28.9 Å². The summed E-state index contributed by atoms with van der Waals surface area (Å²) in [5.41, 5.74) is 2.05. The zero-order chi connectivity index (χ0) is 11.4. The van der Waals surface area contributed by atoms with Crippen molar-refractivity contribution in [2.24, 2.45) is 0 Å². The summed E-state index contributed by atoms with van der Waals surface area (Å²) in [4.78, 5) is 4.27. The van der Waals surface area contributed by atoms with Gasteiger partial charge in [-0.1, -0.05) is 29.8 Å². The highest BCUT2D eigenvalue weighted by Crippen LogP contribution is 2.21. The van der Waals surface area contributed by atoms with E-state index in [1.165, 1.54) is 0 Å². The molecule has 0 atom stereocenters. The Morgan fingerprint density at radius 3 is 2.81 bits per heavy atom. The number of para-hydroxylation sites is 1. The zero-order valence-corrected chi connectivity index (χ0v) is 9.74. The molecule has 0 bridgehead atoms. The minimum Gasteiger partial charge on any atom is -0.496 e. The van der Waals surface area contributed by atoms with Crippen LogP contribution in [-0.2, 0) is 6.42 Å². The fourth-order valence-corrected chi connectivity index (χ4v) is 1.77. The summed E-state index contributed by atoms with van der Waals surface area (Å²) < 4.78 is 5.29. The Morgan fingerprint density at radius 2 is 2.06 bits per heavy atom. The van der Waals surface area contributed by atoms with Crippen LogP contribution in [0.4, 0.5) is 0 Å². The Bertz CT molecular complexity index is 485. The van der Waals surface area contributed by atoms with Gasteiger partial charge in [0.2, 0.25) is 0 Å². The van der Waals surface area contributed by atoms with Crippen molar-refractivity contribution in [3.63, 3.8) is 0 Å². The number of rotatable bonds is 3. The average Bonchev–Trinajstić information content (AvgIpc) is 2.30. The number of aromatic nitrogens is 1. The largest absolute Gasteiger partial charge is 0.496 e. The molecule has 82 valence electrons. The minimum absolute atomic E-state index is 0.708. The first kappa shape index (κ1) is 11.0. The maximum absolute atomic E-state index is 5.91. The molecule has 2 aromatic rings. The van der Waals surface area contributed by atoms with Gasteiger partial charge in [-0.3, -0.25) is 4.98 Å². The second-order valence-electron chi connectivity index (χ2n) is 3.45. The van der Waals surface area contributed by atoms with Crippen LogP contribution in [-0.4, -0.2) is 12.1 Å². The summed E-state index contributed by atoms with van der Waals surface area (Å²) >= 11 is 5.91. The van der Waals surface area contributed by atoms with E-state index in [4.69, 9.17) is 16.3 Å². The lowest BCUT2D eigenvalue weighted by atomic mass is 10.1. The molecule has 16 heavy (non-hydrogen) atoms. The first-order chi connectivity index (χ1) is 7.79. The first-order valence-electron chi connectivity index (χ1n) is 5.02. The molecule has 0 fully saturated rings. The van der Waals surface area contributed by atoms with E-state index in [0.29, 0.717) is 5.02 Å². The number of hydrogen-bond donors (Lipinski definition) is 0. The number of nitrogens with zero attached hydrogens (tertiary/aromatic N) is 1. The fraction of sp³-hybridized carbons (Fsp3) is 0.154. The highest BCUT2D eigenvalue weighted by molar-refractivity contribution is 6.30. The molecule has 0 aliphatic rings. The summed E-state index contributed by atoms with van der Waals surface area (Å²) in [6, 6.07) is 11.6. The molecule has 2 rings (SSSR count). The monoisotopic (exact) mass is 233 g/mol. The number of halogens is 1. The molecule has 0 saturated carbocycles. The lowest BCUT2D eigenvalue weighted by Gasteiger charge is -2.07. The zero-order valence-electron chi connectivity index (χ0n) is 8.98. The third-order valence-corrected chi connectivity index (χ3v) is 2.58. The standard InChI is InChI=1S/C13H12ClNO/c1-16-13-5-3-2-4-10(13)8-12-9-11(14)6-7-15-12/h2-7,9H,8H2,1H3. The van der Waals surface area contributed by atoms with Gasteiger partial charge in [-0.15, -0.1) is 0 Å². The number of ether oxygens (including phenoxy) is 1. The van der Waals surface area contributed by atoms with Crippen LogP contribution < -0.4 is 4.74 Å². The Hall–Kier alpha value is -1.54. The van der Waals surface area contributed by atoms with Crippen LogP contribution in [0.3, 0.4) is 0 Å². The quantitative estimate of drug-likeness (QED) is 0.811. The van der Waals surface area contributed by atoms with E-state index in [1.807, 2.05) is 30.3 Å². The van der Waals surface area contributed by atoms with Gasteiger partial charge in [0.05, 0.1) is 7.11 Å². The van der Waals surface area contributed by atoms with Crippen LogP contribution in [0.5, 0.6) is 5.75 Å². The lowest BCUT2D eigenvalue weighted by molar-refractivity contribution is 0.410. The molecule has 2 nitrogen and oxygen atoms in total. The van der Waals surface area contributed by atoms with Crippen LogP contribution in [0, 0.1) is 0 Å². The maximum atomic E-state index is 5.91. The average molecular weight is 234 g/mol.